The van der Waals surface area contributed by atoms with Crippen LogP contribution in [-0.4, -0.2) is 19.2 Å². The highest BCUT2D eigenvalue weighted by molar-refractivity contribution is 7.15. The Kier molecular flexibility index (Phi) is 4.39. The van der Waals surface area contributed by atoms with Gasteiger partial charge < -0.3 is 15.2 Å². The Bertz CT molecular complexity index is 523. The van der Waals surface area contributed by atoms with E-state index in [9.17, 15) is 0 Å². The van der Waals surface area contributed by atoms with Gasteiger partial charge in [-0.3, -0.25) is 0 Å². The van der Waals surface area contributed by atoms with Crippen LogP contribution in [-0.2, 0) is 13.0 Å². The molecule has 0 atom stereocenters. The maximum atomic E-state index is 5.75. The van der Waals surface area contributed by atoms with E-state index in [2.05, 4.69) is 11.9 Å². The minimum absolute atomic E-state index is 0.530. The van der Waals surface area contributed by atoms with Gasteiger partial charge in [0.1, 0.15) is 16.5 Å². The number of aryl methyl sites for hydroxylation is 1. The van der Waals surface area contributed by atoms with Gasteiger partial charge in [-0.2, -0.15) is 0 Å². The summed E-state index contributed by atoms with van der Waals surface area (Å²) in [5, 5.41) is 0.953. The highest BCUT2D eigenvalue weighted by Crippen LogP contribution is 2.33. The average Bonchev–Trinajstić information content (AvgIpc) is 2.89. The molecule has 0 saturated heterocycles. The predicted octanol–water partition coefficient (Wildman–Crippen LogP) is 2.85. The lowest BCUT2D eigenvalue weighted by molar-refractivity contribution is 0.394. The molecule has 0 bridgehead atoms. The molecule has 0 aliphatic heterocycles. The molecule has 0 saturated carbocycles. The second-order valence-corrected chi connectivity index (χ2v) is 5.13. The van der Waals surface area contributed by atoms with Gasteiger partial charge in [0.15, 0.2) is 0 Å². The smallest absolute Gasteiger partial charge is 0.124 e. The average molecular weight is 278 g/mol. The minimum Gasteiger partial charge on any atom is -0.497 e. The monoisotopic (exact) mass is 278 g/mol. The first-order chi connectivity index (χ1) is 9.21. The zero-order chi connectivity index (χ0) is 13.8. The van der Waals surface area contributed by atoms with Gasteiger partial charge in [0.05, 0.1) is 19.9 Å². The SMILES string of the molecule is CCc1nc(-c2cc(OC)cc(OC)c2)sc1CN. The molecule has 2 rings (SSSR count). The van der Waals surface area contributed by atoms with Crippen LogP contribution in [0.15, 0.2) is 18.2 Å². The van der Waals surface area contributed by atoms with E-state index in [1.54, 1.807) is 25.6 Å². The topological polar surface area (TPSA) is 57.4 Å². The number of thiazole rings is 1. The molecule has 2 aromatic rings. The van der Waals surface area contributed by atoms with Crippen LogP contribution < -0.4 is 15.2 Å². The van der Waals surface area contributed by atoms with E-state index < -0.39 is 0 Å². The van der Waals surface area contributed by atoms with Gasteiger partial charge in [0, 0.05) is 23.1 Å². The largest absolute Gasteiger partial charge is 0.497 e. The van der Waals surface area contributed by atoms with Crippen molar-refractivity contribution < 1.29 is 9.47 Å². The normalized spacial score (nSPS) is 10.5. The number of nitrogens with zero attached hydrogens (tertiary/aromatic N) is 1. The quantitative estimate of drug-likeness (QED) is 0.913. The first-order valence-corrected chi connectivity index (χ1v) is 6.95. The van der Waals surface area contributed by atoms with Crippen LogP contribution in [0.2, 0.25) is 0 Å². The van der Waals surface area contributed by atoms with Crippen LogP contribution >= 0.6 is 11.3 Å². The summed E-state index contributed by atoms with van der Waals surface area (Å²) in [6.07, 6.45) is 0.893. The summed E-state index contributed by atoms with van der Waals surface area (Å²) < 4.78 is 10.6. The molecular formula is C14H18N2O2S. The Labute approximate surface area is 117 Å². The molecular weight excluding hydrogens is 260 g/mol. The third-order valence-corrected chi connectivity index (χ3v) is 4.07. The van der Waals surface area contributed by atoms with Crippen molar-refractivity contribution in [2.75, 3.05) is 14.2 Å². The van der Waals surface area contributed by atoms with E-state index in [0.29, 0.717) is 6.54 Å². The molecule has 2 N–H and O–H groups in total. The number of methoxy groups -OCH3 is 2. The maximum Gasteiger partial charge on any atom is 0.124 e. The first-order valence-electron chi connectivity index (χ1n) is 6.13. The van der Waals surface area contributed by atoms with Crippen molar-refractivity contribution >= 4 is 11.3 Å². The number of rotatable bonds is 5. The molecule has 0 amide bonds. The molecule has 4 nitrogen and oxygen atoms in total. The molecule has 1 heterocycles. The van der Waals surface area contributed by atoms with Gasteiger partial charge in [0.25, 0.3) is 0 Å². The van der Waals surface area contributed by atoms with Crippen LogP contribution in [0.5, 0.6) is 11.5 Å². The number of hydrogen-bond acceptors (Lipinski definition) is 5. The Balaban J connectivity index is 2.48. The Morgan fingerprint density at radius 2 is 1.79 bits per heavy atom. The molecule has 102 valence electrons. The van der Waals surface area contributed by atoms with Gasteiger partial charge in [0.2, 0.25) is 0 Å². The maximum absolute atomic E-state index is 5.75. The summed E-state index contributed by atoms with van der Waals surface area (Å²) in [4.78, 5) is 5.79. The Hall–Kier alpha value is -1.59. The van der Waals surface area contributed by atoms with Crippen LogP contribution in [0.4, 0.5) is 0 Å². The number of aromatic nitrogens is 1. The fraction of sp³-hybridized carbons (Fsp3) is 0.357. The second-order valence-electron chi connectivity index (χ2n) is 4.05. The van der Waals surface area contributed by atoms with Crippen molar-refractivity contribution in [2.24, 2.45) is 5.73 Å². The minimum atomic E-state index is 0.530. The summed E-state index contributed by atoms with van der Waals surface area (Å²) in [5.41, 5.74) is 7.82. The highest BCUT2D eigenvalue weighted by Gasteiger charge is 2.12. The zero-order valence-corrected chi connectivity index (χ0v) is 12.2. The number of nitrogens with two attached hydrogens (primary N) is 1. The number of hydrogen-bond donors (Lipinski definition) is 1. The molecule has 1 aromatic carbocycles. The molecule has 1 aromatic heterocycles. The van der Waals surface area contributed by atoms with Gasteiger partial charge >= 0.3 is 0 Å². The fourth-order valence-corrected chi connectivity index (χ4v) is 2.89. The third-order valence-electron chi connectivity index (χ3n) is 2.90. The Morgan fingerprint density at radius 1 is 1.16 bits per heavy atom. The molecule has 19 heavy (non-hydrogen) atoms. The van der Waals surface area contributed by atoms with Gasteiger partial charge in [-0.25, -0.2) is 4.98 Å². The molecule has 0 spiro atoms. The van der Waals surface area contributed by atoms with Crippen molar-refractivity contribution in [3.63, 3.8) is 0 Å². The van der Waals surface area contributed by atoms with Gasteiger partial charge in [-0.15, -0.1) is 11.3 Å². The number of benzene rings is 1. The first kappa shape index (κ1) is 13.8. The molecule has 0 aliphatic rings. The zero-order valence-electron chi connectivity index (χ0n) is 11.4. The van der Waals surface area contributed by atoms with E-state index in [4.69, 9.17) is 15.2 Å². The van der Waals surface area contributed by atoms with Crippen LogP contribution in [0, 0.1) is 0 Å². The predicted molar refractivity (Wildman–Crippen MR) is 77.9 cm³/mol. The molecule has 0 fully saturated rings. The van der Waals surface area contributed by atoms with Crippen LogP contribution in [0.1, 0.15) is 17.5 Å². The van der Waals surface area contributed by atoms with Crippen LogP contribution in [0.3, 0.4) is 0 Å². The van der Waals surface area contributed by atoms with Crippen molar-refractivity contribution in [1.82, 2.24) is 4.98 Å². The lowest BCUT2D eigenvalue weighted by Gasteiger charge is -2.06. The van der Waals surface area contributed by atoms with E-state index >= 15 is 0 Å². The summed E-state index contributed by atoms with van der Waals surface area (Å²) in [5.74, 6) is 1.52. The Morgan fingerprint density at radius 3 is 2.21 bits per heavy atom. The van der Waals surface area contributed by atoms with Crippen LogP contribution in [0.25, 0.3) is 10.6 Å². The van der Waals surface area contributed by atoms with E-state index in [1.807, 2.05) is 18.2 Å². The number of ether oxygens (including phenoxy) is 2. The third kappa shape index (κ3) is 2.88. The van der Waals surface area contributed by atoms with Crippen molar-refractivity contribution in [3.05, 3.63) is 28.8 Å². The molecule has 0 radical (unpaired) electrons. The lowest BCUT2D eigenvalue weighted by Crippen LogP contribution is -1.96. The van der Waals surface area contributed by atoms with E-state index in [-0.39, 0.29) is 0 Å². The summed E-state index contributed by atoms with van der Waals surface area (Å²) in [6, 6.07) is 5.77. The van der Waals surface area contributed by atoms with Crippen molar-refractivity contribution in [1.29, 1.82) is 0 Å². The van der Waals surface area contributed by atoms with Crippen molar-refractivity contribution in [3.8, 4) is 22.1 Å². The lowest BCUT2D eigenvalue weighted by atomic mass is 10.2. The second kappa shape index (κ2) is 6.04. The fourth-order valence-electron chi connectivity index (χ4n) is 1.87. The summed E-state index contributed by atoms with van der Waals surface area (Å²) in [7, 11) is 3.28. The highest BCUT2D eigenvalue weighted by atomic mass is 32.1. The summed E-state index contributed by atoms with van der Waals surface area (Å²) in [6.45, 7) is 2.62. The van der Waals surface area contributed by atoms with Crippen molar-refractivity contribution in [2.45, 2.75) is 19.9 Å². The van der Waals surface area contributed by atoms with Gasteiger partial charge in [-0.05, 0) is 18.6 Å². The molecule has 0 unspecified atom stereocenters. The van der Waals surface area contributed by atoms with E-state index in [1.165, 1.54) is 0 Å². The molecule has 0 aliphatic carbocycles. The molecule has 5 heteroatoms. The van der Waals surface area contributed by atoms with E-state index in [0.717, 1.165) is 39.1 Å². The standard InChI is InChI=1S/C14H18N2O2S/c1-4-12-13(8-15)19-14(16-12)9-5-10(17-2)7-11(6-9)18-3/h5-7H,4,8,15H2,1-3H3. The summed E-state index contributed by atoms with van der Waals surface area (Å²) >= 11 is 1.63. The van der Waals surface area contributed by atoms with Gasteiger partial charge in [-0.1, -0.05) is 6.92 Å².